The van der Waals surface area contributed by atoms with Crippen molar-refractivity contribution in [2.45, 2.75) is 19.0 Å². The highest BCUT2D eigenvalue weighted by Crippen LogP contribution is 2.43. The summed E-state index contributed by atoms with van der Waals surface area (Å²) in [5, 5.41) is 4.21. The first-order valence-corrected chi connectivity index (χ1v) is 11.9. The number of aryl methyl sites for hydroxylation is 1. The molecule has 2 atom stereocenters. The number of para-hydroxylation sites is 2. The Bertz CT molecular complexity index is 1310. The Labute approximate surface area is 207 Å². The molecular formula is C26H23BrN4OS. The number of nitrogens with one attached hydrogen (secondary N) is 1. The van der Waals surface area contributed by atoms with Crippen LogP contribution in [0.1, 0.15) is 29.0 Å². The van der Waals surface area contributed by atoms with Crippen molar-refractivity contribution in [2.24, 2.45) is 0 Å². The summed E-state index contributed by atoms with van der Waals surface area (Å²) in [6.07, 6.45) is 3.89. The van der Waals surface area contributed by atoms with Crippen molar-refractivity contribution in [1.82, 2.24) is 14.9 Å². The fraction of sp³-hybridized carbons (Fsp3) is 0.154. The van der Waals surface area contributed by atoms with Gasteiger partial charge in [-0.3, -0.25) is 4.98 Å². The van der Waals surface area contributed by atoms with Crippen molar-refractivity contribution in [3.05, 3.63) is 107 Å². The van der Waals surface area contributed by atoms with E-state index in [2.05, 4.69) is 85.2 Å². The first-order valence-electron chi connectivity index (χ1n) is 10.7. The van der Waals surface area contributed by atoms with Crippen LogP contribution in [-0.2, 0) is 0 Å². The van der Waals surface area contributed by atoms with Gasteiger partial charge in [0.05, 0.1) is 24.5 Å². The van der Waals surface area contributed by atoms with Crippen LogP contribution in [-0.4, -0.2) is 21.8 Å². The van der Waals surface area contributed by atoms with Crippen LogP contribution in [0.25, 0.3) is 5.69 Å². The van der Waals surface area contributed by atoms with Gasteiger partial charge in [-0.1, -0.05) is 34.1 Å². The standard InChI is InChI=1S/C26H23BrN4OS/c1-17-16-18(12-13-19(17)27)31-25(24(29-26(31)33)20-8-5-6-14-28-20)22-10-7-15-30(22)21-9-3-4-11-23(21)32-2/h3-16,24-25H,1-2H3,(H,29,33)/t24-,25-/m0/s1. The van der Waals surface area contributed by atoms with Crippen LogP contribution in [0.15, 0.2) is 89.7 Å². The predicted molar refractivity (Wildman–Crippen MR) is 139 cm³/mol. The SMILES string of the molecule is COc1ccccc1-n1cccc1[C@H]1[C@H](c2ccccn2)NC(=S)N1c1ccc(Br)c(C)c1. The van der Waals surface area contributed by atoms with E-state index in [4.69, 9.17) is 17.0 Å². The van der Waals surface area contributed by atoms with E-state index in [1.165, 1.54) is 0 Å². The molecule has 7 heteroatoms. The zero-order valence-electron chi connectivity index (χ0n) is 18.3. The number of aromatic nitrogens is 2. The maximum atomic E-state index is 5.88. The summed E-state index contributed by atoms with van der Waals surface area (Å²) in [4.78, 5) is 6.85. The number of ether oxygens (including phenoxy) is 1. The second-order valence-electron chi connectivity index (χ2n) is 7.90. The molecule has 3 heterocycles. The minimum absolute atomic E-state index is 0.118. The van der Waals surface area contributed by atoms with Crippen LogP contribution in [0.4, 0.5) is 5.69 Å². The maximum absolute atomic E-state index is 5.88. The molecule has 5 nitrogen and oxygen atoms in total. The summed E-state index contributed by atoms with van der Waals surface area (Å²) in [5.41, 5.74) is 5.18. The molecule has 0 saturated carbocycles. The van der Waals surface area contributed by atoms with Crippen molar-refractivity contribution in [3.8, 4) is 11.4 Å². The average molecular weight is 519 g/mol. The molecular weight excluding hydrogens is 496 g/mol. The van der Waals surface area contributed by atoms with Crippen molar-refractivity contribution >= 4 is 38.9 Å². The van der Waals surface area contributed by atoms with Gasteiger partial charge in [-0.2, -0.15) is 0 Å². The summed E-state index contributed by atoms with van der Waals surface area (Å²) in [5.74, 6) is 0.809. The van der Waals surface area contributed by atoms with Crippen LogP contribution in [0.5, 0.6) is 5.75 Å². The molecule has 0 amide bonds. The molecule has 5 rings (SSSR count). The number of hydrogen-bond acceptors (Lipinski definition) is 3. The molecule has 2 aromatic carbocycles. The molecule has 33 heavy (non-hydrogen) atoms. The highest BCUT2D eigenvalue weighted by molar-refractivity contribution is 9.10. The number of pyridine rings is 1. The lowest BCUT2D eigenvalue weighted by atomic mass is 10.0. The largest absolute Gasteiger partial charge is 0.495 e. The number of nitrogens with zero attached hydrogens (tertiary/aromatic N) is 3. The van der Waals surface area contributed by atoms with E-state index in [-0.39, 0.29) is 12.1 Å². The zero-order valence-corrected chi connectivity index (χ0v) is 20.7. The predicted octanol–water partition coefficient (Wildman–Crippen LogP) is 6.13. The van der Waals surface area contributed by atoms with E-state index >= 15 is 0 Å². The van der Waals surface area contributed by atoms with E-state index < -0.39 is 0 Å². The Balaban J connectivity index is 1.69. The molecule has 166 valence electrons. The average Bonchev–Trinajstić information content (AvgIpc) is 3.45. The van der Waals surface area contributed by atoms with E-state index in [1.54, 1.807) is 7.11 Å². The lowest BCUT2D eigenvalue weighted by Crippen LogP contribution is -2.30. The van der Waals surface area contributed by atoms with Gasteiger partial charge in [0, 0.05) is 28.2 Å². The fourth-order valence-electron chi connectivity index (χ4n) is 4.40. The second-order valence-corrected chi connectivity index (χ2v) is 9.15. The summed E-state index contributed by atoms with van der Waals surface area (Å²) in [6, 6.07) is 24.3. The smallest absolute Gasteiger partial charge is 0.174 e. The number of rotatable bonds is 5. The molecule has 1 N–H and O–H groups in total. The molecule has 1 saturated heterocycles. The topological polar surface area (TPSA) is 42.3 Å². The van der Waals surface area contributed by atoms with E-state index in [1.807, 2.05) is 42.6 Å². The second kappa shape index (κ2) is 9.00. The van der Waals surface area contributed by atoms with Gasteiger partial charge in [0.15, 0.2) is 5.11 Å². The lowest BCUT2D eigenvalue weighted by Gasteiger charge is -2.29. The normalized spacial score (nSPS) is 17.8. The Hall–Kier alpha value is -3.16. The fourth-order valence-corrected chi connectivity index (χ4v) is 4.99. The van der Waals surface area contributed by atoms with Gasteiger partial charge in [0.2, 0.25) is 0 Å². The molecule has 1 aliphatic rings. The van der Waals surface area contributed by atoms with Crippen molar-refractivity contribution in [1.29, 1.82) is 0 Å². The number of hydrogen-bond donors (Lipinski definition) is 1. The number of methoxy groups -OCH3 is 1. The van der Waals surface area contributed by atoms with Crippen molar-refractivity contribution in [2.75, 3.05) is 12.0 Å². The Morgan fingerprint density at radius 2 is 1.85 bits per heavy atom. The Morgan fingerprint density at radius 3 is 2.61 bits per heavy atom. The molecule has 0 unspecified atom stereocenters. The molecule has 1 fully saturated rings. The third kappa shape index (κ3) is 3.92. The van der Waals surface area contributed by atoms with Gasteiger partial charge in [0.25, 0.3) is 0 Å². The third-order valence-corrected chi connectivity index (χ3v) is 7.15. The van der Waals surface area contributed by atoms with Crippen LogP contribution in [0.3, 0.4) is 0 Å². The monoisotopic (exact) mass is 518 g/mol. The van der Waals surface area contributed by atoms with Crippen molar-refractivity contribution < 1.29 is 4.74 Å². The van der Waals surface area contributed by atoms with E-state index in [9.17, 15) is 0 Å². The lowest BCUT2D eigenvalue weighted by molar-refractivity contribution is 0.412. The Morgan fingerprint density at radius 1 is 1.03 bits per heavy atom. The molecule has 4 aromatic rings. The molecule has 0 spiro atoms. The van der Waals surface area contributed by atoms with Crippen molar-refractivity contribution in [3.63, 3.8) is 0 Å². The van der Waals surface area contributed by atoms with E-state index in [0.29, 0.717) is 5.11 Å². The van der Waals surface area contributed by atoms with E-state index in [0.717, 1.165) is 38.5 Å². The van der Waals surface area contributed by atoms with Gasteiger partial charge in [-0.15, -0.1) is 0 Å². The van der Waals surface area contributed by atoms with Crippen LogP contribution in [0, 0.1) is 6.92 Å². The number of anilines is 1. The molecule has 0 bridgehead atoms. The van der Waals surface area contributed by atoms with Gasteiger partial charge < -0.3 is 19.5 Å². The zero-order chi connectivity index (χ0) is 22.9. The molecule has 0 radical (unpaired) electrons. The Kier molecular flexibility index (Phi) is 5.91. The molecule has 0 aliphatic carbocycles. The molecule has 1 aliphatic heterocycles. The van der Waals surface area contributed by atoms with Gasteiger partial charge in [-0.05, 0) is 79.3 Å². The summed E-state index contributed by atoms with van der Waals surface area (Å²) in [6.45, 7) is 2.09. The first kappa shape index (κ1) is 21.7. The third-order valence-electron chi connectivity index (χ3n) is 5.95. The minimum Gasteiger partial charge on any atom is -0.495 e. The maximum Gasteiger partial charge on any atom is 0.174 e. The summed E-state index contributed by atoms with van der Waals surface area (Å²) >= 11 is 9.50. The summed E-state index contributed by atoms with van der Waals surface area (Å²) in [7, 11) is 1.70. The number of thiocarbonyl (C=S) groups is 1. The molecule has 2 aromatic heterocycles. The van der Waals surface area contributed by atoms with Crippen LogP contribution >= 0.6 is 28.1 Å². The van der Waals surface area contributed by atoms with Gasteiger partial charge >= 0.3 is 0 Å². The first-order chi connectivity index (χ1) is 16.1. The van der Waals surface area contributed by atoms with Gasteiger partial charge in [0.1, 0.15) is 11.8 Å². The van der Waals surface area contributed by atoms with Gasteiger partial charge in [-0.25, -0.2) is 0 Å². The highest BCUT2D eigenvalue weighted by Gasteiger charge is 2.42. The summed E-state index contributed by atoms with van der Waals surface area (Å²) < 4.78 is 8.91. The number of halogens is 1. The van der Waals surface area contributed by atoms with Crippen LogP contribution in [0.2, 0.25) is 0 Å². The minimum atomic E-state index is -0.119. The quantitative estimate of drug-likeness (QED) is 0.322. The highest BCUT2D eigenvalue weighted by atomic mass is 79.9. The number of benzene rings is 2. The van der Waals surface area contributed by atoms with Crippen LogP contribution < -0.4 is 15.0 Å².